The number of benzene rings is 1. The minimum Gasteiger partial charge on any atom is -0.496 e. The normalized spacial score (nSPS) is 21.9. The van der Waals surface area contributed by atoms with E-state index in [1.54, 1.807) is 7.11 Å². The highest BCUT2D eigenvalue weighted by atomic mass is 16.5. The third-order valence-electron chi connectivity index (χ3n) is 4.60. The summed E-state index contributed by atoms with van der Waals surface area (Å²) in [5, 5.41) is 9.39. The van der Waals surface area contributed by atoms with E-state index in [0.29, 0.717) is 12.6 Å². The summed E-state index contributed by atoms with van der Waals surface area (Å²) < 4.78 is 5.51. The molecule has 0 aromatic heterocycles. The maximum Gasteiger partial charge on any atom is 0.126 e. The number of rotatable bonds is 5. The number of aliphatic hydroxyl groups is 1. The average Bonchev–Trinajstić information content (AvgIpc) is 3.10. The summed E-state index contributed by atoms with van der Waals surface area (Å²) in [6, 6.07) is 6.67. The Hall–Kier alpha value is -1.32. The standard InChI is InChI=1S/C17H23NO2.H2/c1-20-16-6-2-4-13-7-8-14(17(13)16)9-11-18-10-3-5-15(18)12-19;/h2,4,6,8,15,19H,3,5,7,9-12H2,1H3;1H/t15-;/m0./s1. The minimum atomic E-state index is 0. The Kier molecular flexibility index (Phi) is 4.08. The van der Waals surface area contributed by atoms with E-state index in [4.69, 9.17) is 4.74 Å². The zero-order valence-corrected chi connectivity index (χ0v) is 12.1. The second kappa shape index (κ2) is 5.98. The van der Waals surface area contributed by atoms with Crippen LogP contribution in [0.5, 0.6) is 5.75 Å². The molecule has 0 radical (unpaired) electrons. The second-order valence-electron chi connectivity index (χ2n) is 5.69. The highest BCUT2D eigenvalue weighted by molar-refractivity contribution is 5.77. The van der Waals surface area contributed by atoms with Crippen molar-refractivity contribution in [2.75, 3.05) is 26.8 Å². The largest absolute Gasteiger partial charge is 0.496 e. The van der Waals surface area contributed by atoms with E-state index >= 15 is 0 Å². The third kappa shape index (κ3) is 2.48. The summed E-state index contributed by atoms with van der Waals surface area (Å²) in [7, 11) is 1.74. The number of hydrogen-bond donors (Lipinski definition) is 1. The van der Waals surface area contributed by atoms with Gasteiger partial charge < -0.3 is 9.84 Å². The lowest BCUT2D eigenvalue weighted by Crippen LogP contribution is -2.33. The fourth-order valence-electron chi connectivity index (χ4n) is 3.50. The van der Waals surface area contributed by atoms with Gasteiger partial charge in [0.25, 0.3) is 0 Å². The molecule has 20 heavy (non-hydrogen) atoms. The Morgan fingerprint density at radius 2 is 2.35 bits per heavy atom. The van der Waals surface area contributed by atoms with Gasteiger partial charge in [-0.3, -0.25) is 4.90 Å². The second-order valence-corrected chi connectivity index (χ2v) is 5.69. The lowest BCUT2D eigenvalue weighted by atomic mass is 10.0. The molecule has 1 aromatic carbocycles. The molecule has 0 unspecified atom stereocenters. The van der Waals surface area contributed by atoms with Crippen LogP contribution in [0.15, 0.2) is 24.3 Å². The Morgan fingerprint density at radius 1 is 1.45 bits per heavy atom. The molecule has 1 aromatic rings. The van der Waals surface area contributed by atoms with Gasteiger partial charge in [0.2, 0.25) is 0 Å². The van der Waals surface area contributed by atoms with Crippen molar-refractivity contribution in [3.63, 3.8) is 0 Å². The Balaban J connectivity index is 0.00000161. The highest BCUT2D eigenvalue weighted by Gasteiger charge is 2.25. The molecule has 3 heteroatoms. The van der Waals surface area contributed by atoms with Crippen LogP contribution in [0.4, 0.5) is 0 Å². The van der Waals surface area contributed by atoms with Crippen LogP contribution < -0.4 is 4.74 Å². The van der Waals surface area contributed by atoms with Crippen molar-refractivity contribution in [1.82, 2.24) is 4.90 Å². The summed E-state index contributed by atoms with van der Waals surface area (Å²) in [5.74, 6) is 0.992. The Labute approximate surface area is 122 Å². The van der Waals surface area contributed by atoms with Gasteiger partial charge >= 0.3 is 0 Å². The number of nitrogens with zero attached hydrogens (tertiary/aromatic N) is 1. The molecule has 1 saturated heterocycles. The molecule has 1 aliphatic heterocycles. The van der Waals surface area contributed by atoms with Crippen LogP contribution in [0.25, 0.3) is 5.57 Å². The first kappa shape index (κ1) is 13.7. The molecule has 3 nitrogen and oxygen atoms in total. The zero-order valence-electron chi connectivity index (χ0n) is 12.1. The number of methoxy groups -OCH3 is 1. The van der Waals surface area contributed by atoms with Crippen LogP contribution >= 0.6 is 0 Å². The van der Waals surface area contributed by atoms with Crippen LogP contribution in [0.3, 0.4) is 0 Å². The summed E-state index contributed by atoms with van der Waals surface area (Å²) in [4.78, 5) is 2.42. The molecule has 1 heterocycles. The molecular weight excluding hydrogens is 250 g/mol. The molecule has 0 amide bonds. The first-order chi connectivity index (χ1) is 9.83. The van der Waals surface area contributed by atoms with Gasteiger partial charge in [-0.25, -0.2) is 0 Å². The number of allylic oxidation sites excluding steroid dienone is 1. The molecule has 110 valence electrons. The van der Waals surface area contributed by atoms with Crippen molar-refractivity contribution < 1.29 is 11.3 Å². The predicted molar refractivity (Wildman–Crippen MR) is 83.1 cm³/mol. The van der Waals surface area contributed by atoms with Crippen LogP contribution in [0.2, 0.25) is 0 Å². The molecule has 1 N–H and O–H groups in total. The molecule has 0 spiro atoms. The average molecular weight is 275 g/mol. The number of ether oxygens (including phenoxy) is 1. The smallest absolute Gasteiger partial charge is 0.126 e. The van der Waals surface area contributed by atoms with Crippen LogP contribution in [0.1, 0.15) is 31.8 Å². The highest BCUT2D eigenvalue weighted by Crippen LogP contribution is 2.37. The topological polar surface area (TPSA) is 32.7 Å². The van der Waals surface area contributed by atoms with E-state index in [2.05, 4.69) is 23.1 Å². The van der Waals surface area contributed by atoms with E-state index in [-0.39, 0.29) is 1.43 Å². The predicted octanol–water partition coefficient (Wildman–Crippen LogP) is 2.73. The first-order valence-corrected chi connectivity index (χ1v) is 7.53. The van der Waals surface area contributed by atoms with E-state index < -0.39 is 0 Å². The van der Waals surface area contributed by atoms with E-state index in [1.807, 2.05) is 6.07 Å². The van der Waals surface area contributed by atoms with Crippen molar-refractivity contribution in [3.05, 3.63) is 35.4 Å². The quantitative estimate of drug-likeness (QED) is 0.897. The van der Waals surface area contributed by atoms with Crippen LogP contribution in [-0.2, 0) is 6.42 Å². The lowest BCUT2D eigenvalue weighted by molar-refractivity contribution is 0.161. The van der Waals surface area contributed by atoms with Crippen molar-refractivity contribution in [2.45, 2.75) is 31.7 Å². The van der Waals surface area contributed by atoms with E-state index in [1.165, 1.54) is 23.1 Å². The van der Waals surface area contributed by atoms with Gasteiger partial charge in [-0.05, 0) is 49.4 Å². The maximum atomic E-state index is 9.39. The van der Waals surface area contributed by atoms with Crippen LogP contribution in [0, 0.1) is 0 Å². The fraction of sp³-hybridized carbons (Fsp3) is 0.529. The van der Waals surface area contributed by atoms with Crippen molar-refractivity contribution in [2.24, 2.45) is 0 Å². The van der Waals surface area contributed by atoms with Crippen LogP contribution in [-0.4, -0.2) is 42.9 Å². The number of fused-ring (bicyclic) bond motifs is 1. The zero-order chi connectivity index (χ0) is 13.9. The summed E-state index contributed by atoms with van der Waals surface area (Å²) in [6.07, 6.45) is 6.74. The SMILES string of the molecule is COc1cccc2c1C(CCN1CCC[C@H]1CO)=CC2.[HH]. The summed E-state index contributed by atoms with van der Waals surface area (Å²) in [5.41, 5.74) is 4.08. The lowest BCUT2D eigenvalue weighted by Gasteiger charge is -2.23. The summed E-state index contributed by atoms with van der Waals surface area (Å²) >= 11 is 0. The molecule has 1 fully saturated rings. The van der Waals surface area contributed by atoms with Gasteiger partial charge in [0.05, 0.1) is 13.7 Å². The van der Waals surface area contributed by atoms with Gasteiger partial charge in [0.1, 0.15) is 5.75 Å². The van der Waals surface area contributed by atoms with Crippen molar-refractivity contribution in [1.29, 1.82) is 0 Å². The van der Waals surface area contributed by atoms with Gasteiger partial charge in [-0.2, -0.15) is 0 Å². The Bertz CT molecular complexity index is 516. The molecule has 1 atom stereocenters. The van der Waals surface area contributed by atoms with Gasteiger partial charge in [-0.1, -0.05) is 18.2 Å². The van der Waals surface area contributed by atoms with Crippen molar-refractivity contribution in [3.8, 4) is 5.75 Å². The monoisotopic (exact) mass is 275 g/mol. The molecular formula is C17H25NO2. The first-order valence-electron chi connectivity index (χ1n) is 7.53. The molecule has 3 rings (SSSR count). The number of hydrogen-bond acceptors (Lipinski definition) is 3. The summed E-state index contributed by atoms with van der Waals surface area (Å²) in [6.45, 7) is 2.45. The molecule has 1 aliphatic carbocycles. The molecule has 0 saturated carbocycles. The van der Waals surface area contributed by atoms with E-state index in [9.17, 15) is 5.11 Å². The molecule has 0 bridgehead atoms. The van der Waals surface area contributed by atoms with Gasteiger partial charge in [0, 0.05) is 19.6 Å². The fourth-order valence-corrected chi connectivity index (χ4v) is 3.50. The van der Waals surface area contributed by atoms with Gasteiger partial charge in [-0.15, -0.1) is 0 Å². The minimum absolute atomic E-state index is 0. The maximum absolute atomic E-state index is 9.39. The number of likely N-dealkylation sites (tertiary alicyclic amines) is 1. The molecule has 2 aliphatic rings. The van der Waals surface area contributed by atoms with E-state index in [0.717, 1.165) is 38.1 Å². The number of aliphatic hydroxyl groups excluding tert-OH is 1. The Morgan fingerprint density at radius 3 is 3.15 bits per heavy atom. The third-order valence-corrected chi connectivity index (χ3v) is 4.60. The van der Waals surface area contributed by atoms with Crippen molar-refractivity contribution >= 4 is 5.57 Å². The van der Waals surface area contributed by atoms with Gasteiger partial charge in [0.15, 0.2) is 0 Å².